The summed E-state index contributed by atoms with van der Waals surface area (Å²) in [5.74, 6) is -0.493. The number of fused-ring (bicyclic) bond motifs is 1. The first-order valence-corrected chi connectivity index (χ1v) is 6.50. The third kappa shape index (κ3) is 2.63. The second-order valence-electron chi connectivity index (χ2n) is 4.51. The number of carbonyl (C=O) groups is 2. The molecule has 0 unspecified atom stereocenters. The summed E-state index contributed by atoms with van der Waals surface area (Å²) in [5.41, 5.74) is 2.19. The number of likely N-dealkylation sites (N-methyl/N-ethyl adjacent to an activating group) is 1. The number of nitrogens with one attached hydrogen (secondary N) is 2. The van der Waals surface area contributed by atoms with Crippen LogP contribution in [0, 0.1) is 13.8 Å². The lowest BCUT2D eigenvalue weighted by Crippen LogP contribution is -2.35. The molecule has 0 fully saturated rings. The highest BCUT2D eigenvalue weighted by atomic mass is 35.5. The number of hydrogen-bond donors (Lipinski definition) is 2. The van der Waals surface area contributed by atoms with Gasteiger partial charge in [-0.1, -0.05) is 11.6 Å². The SMILES string of the molecule is CNC(=O)CNC(=O)c1oc2cc(C)c(Cl)cc2c1C. The van der Waals surface area contributed by atoms with Gasteiger partial charge in [0.1, 0.15) is 5.58 Å². The molecule has 20 heavy (non-hydrogen) atoms. The highest BCUT2D eigenvalue weighted by Gasteiger charge is 2.18. The van der Waals surface area contributed by atoms with Gasteiger partial charge in [-0.2, -0.15) is 0 Å². The smallest absolute Gasteiger partial charge is 0.287 e. The minimum Gasteiger partial charge on any atom is -0.451 e. The van der Waals surface area contributed by atoms with Crippen molar-refractivity contribution in [3.8, 4) is 0 Å². The van der Waals surface area contributed by atoms with Gasteiger partial charge in [-0.25, -0.2) is 0 Å². The zero-order valence-electron chi connectivity index (χ0n) is 11.5. The molecule has 0 bridgehead atoms. The highest BCUT2D eigenvalue weighted by molar-refractivity contribution is 6.32. The van der Waals surface area contributed by atoms with E-state index in [1.165, 1.54) is 7.05 Å². The molecule has 1 heterocycles. The lowest BCUT2D eigenvalue weighted by molar-refractivity contribution is -0.119. The van der Waals surface area contributed by atoms with Crippen LogP contribution in [0.25, 0.3) is 11.0 Å². The fourth-order valence-electron chi connectivity index (χ4n) is 1.89. The monoisotopic (exact) mass is 294 g/mol. The van der Waals surface area contributed by atoms with Crippen LogP contribution in [0.1, 0.15) is 21.7 Å². The number of benzene rings is 1. The molecule has 6 heteroatoms. The lowest BCUT2D eigenvalue weighted by Gasteiger charge is -2.02. The number of hydrogen-bond acceptors (Lipinski definition) is 3. The predicted octanol–water partition coefficient (Wildman–Crippen LogP) is 2.18. The Labute approximate surface area is 121 Å². The van der Waals surface area contributed by atoms with Crippen LogP contribution in [-0.4, -0.2) is 25.4 Å². The van der Waals surface area contributed by atoms with Crippen LogP contribution >= 0.6 is 11.6 Å². The van der Waals surface area contributed by atoms with Gasteiger partial charge in [-0.05, 0) is 31.5 Å². The van der Waals surface area contributed by atoms with E-state index in [2.05, 4.69) is 10.6 Å². The number of aryl methyl sites for hydroxylation is 2. The molecule has 0 saturated carbocycles. The minimum absolute atomic E-state index is 0.0917. The summed E-state index contributed by atoms with van der Waals surface area (Å²) in [4.78, 5) is 23.1. The average molecular weight is 295 g/mol. The largest absolute Gasteiger partial charge is 0.451 e. The maximum absolute atomic E-state index is 12.0. The van der Waals surface area contributed by atoms with Crippen LogP contribution in [0.2, 0.25) is 5.02 Å². The van der Waals surface area contributed by atoms with Gasteiger partial charge < -0.3 is 15.1 Å². The molecule has 1 aromatic carbocycles. The molecule has 2 rings (SSSR count). The molecule has 0 saturated heterocycles. The van der Waals surface area contributed by atoms with Gasteiger partial charge in [0.05, 0.1) is 6.54 Å². The Morgan fingerprint density at radius 1 is 1.30 bits per heavy atom. The maximum atomic E-state index is 12.0. The normalized spacial score (nSPS) is 10.6. The van der Waals surface area contributed by atoms with E-state index < -0.39 is 5.91 Å². The fraction of sp³-hybridized carbons (Fsp3) is 0.286. The Bertz CT molecular complexity index is 691. The summed E-state index contributed by atoms with van der Waals surface area (Å²) in [6.45, 7) is 3.56. The number of halogens is 1. The molecule has 2 aromatic rings. The Balaban J connectivity index is 2.33. The minimum atomic E-state index is -0.420. The topological polar surface area (TPSA) is 71.3 Å². The van der Waals surface area contributed by atoms with Gasteiger partial charge in [-0.3, -0.25) is 9.59 Å². The summed E-state index contributed by atoms with van der Waals surface area (Å²) in [6.07, 6.45) is 0. The molecule has 0 aliphatic carbocycles. The van der Waals surface area contributed by atoms with Crippen molar-refractivity contribution in [3.63, 3.8) is 0 Å². The molecule has 106 valence electrons. The van der Waals surface area contributed by atoms with Crippen LogP contribution in [0.4, 0.5) is 0 Å². The Morgan fingerprint density at radius 2 is 2.00 bits per heavy atom. The van der Waals surface area contributed by atoms with Crippen LogP contribution < -0.4 is 10.6 Å². The van der Waals surface area contributed by atoms with Crippen molar-refractivity contribution in [3.05, 3.63) is 34.0 Å². The molecule has 0 aliphatic heterocycles. The summed E-state index contributed by atoms with van der Waals surface area (Å²) in [5, 5.41) is 6.35. The standard InChI is InChI=1S/C14H15ClN2O3/c1-7-4-11-9(5-10(7)15)8(2)13(20-11)14(19)17-6-12(18)16-3/h4-5H,6H2,1-3H3,(H,16,18)(H,17,19). The maximum Gasteiger partial charge on any atom is 0.287 e. The van der Waals surface area contributed by atoms with Gasteiger partial charge in [-0.15, -0.1) is 0 Å². The average Bonchev–Trinajstić information content (AvgIpc) is 2.73. The lowest BCUT2D eigenvalue weighted by atomic mass is 10.1. The van der Waals surface area contributed by atoms with Crippen LogP contribution in [0.15, 0.2) is 16.5 Å². The quantitative estimate of drug-likeness (QED) is 0.911. The molecule has 0 atom stereocenters. The van der Waals surface area contributed by atoms with Crippen LogP contribution in [-0.2, 0) is 4.79 Å². The summed E-state index contributed by atoms with van der Waals surface area (Å²) in [7, 11) is 1.51. The first-order chi connectivity index (χ1) is 9.43. The molecular weight excluding hydrogens is 280 g/mol. The van der Waals surface area contributed by atoms with E-state index in [-0.39, 0.29) is 18.2 Å². The van der Waals surface area contributed by atoms with Crippen molar-refractivity contribution in [2.24, 2.45) is 0 Å². The van der Waals surface area contributed by atoms with Crippen LogP contribution in [0.5, 0.6) is 0 Å². The molecule has 2 N–H and O–H groups in total. The van der Waals surface area contributed by atoms with Crippen molar-refractivity contribution in [2.45, 2.75) is 13.8 Å². The number of rotatable bonds is 3. The van der Waals surface area contributed by atoms with Gasteiger partial charge in [0, 0.05) is 23.0 Å². The van der Waals surface area contributed by atoms with Crippen molar-refractivity contribution in [1.82, 2.24) is 10.6 Å². The second kappa shape index (κ2) is 5.54. The molecular formula is C14H15ClN2O3. The Morgan fingerprint density at radius 3 is 2.65 bits per heavy atom. The summed E-state index contributed by atoms with van der Waals surface area (Å²) in [6, 6.07) is 3.57. The van der Waals surface area contributed by atoms with Gasteiger partial charge >= 0.3 is 0 Å². The molecule has 2 amide bonds. The zero-order valence-corrected chi connectivity index (χ0v) is 12.2. The Hall–Kier alpha value is -2.01. The van der Waals surface area contributed by atoms with Crippen LogP contribution in [0.3, 0.4) is 0 Å². The predicted molar refractivity (Wildman–Crippen MR) is 77.1 cm³/mol. The summed E-state index contributed by atoms with van der Waals surface area (Å²) < 4.78 is 5.56. The molecule has 5 nitrogen and oxygen atoms in total. The van der Waals surface area contributed by atoms with E-state index in [0.29, 0.717) is 16.2 Å². The van der Waals surface area contributed by atoms with Gasteiger partial charge in [0.2, 0.25) is 5.91 Å². The number of carbonyl (C=O) groups excluding carboxylic acids is 2. The van der Waals surface area contributed by atoms with Crippen molar-refractivity contribution in [2.75, 3.05) is 13.6 Å². The van der Waals surface area contributed by atoms with E-state index in [1.54, 1.807) is 19.1 Å². The molecule has 0 spiro atoms. The number of furan rings is 1. The second-order valence-corrected chi connectivity index (χ2v) is 4.92. The van der Waals surface area contributed by atoms with E-state index in [4.69, 9.17) is 16.0 Å². The van der Waals surface area contributed by atoms with Gasteiger partial charge in [0.25, 0.3) is 5.91 Å². The van der Waals surface area contributed by atoms with E-state index >= 15 is 0 Å². The van der Waals surface area contributed by atoms with Gasteiger partial charge in [0.15, 0.2) is 5.76 Å². The van der Waals surface area contributed by atoms with E-state index in [1.807, 2.05) is 6.92 Å². The summed E-state index contributed by atoms with van der Waals surface area (Å²) >= 11 is 6.07. The van der Waals surface area contributed by atoms with E-state index in [9.17, 15) is 9.59 Å². The van der Waals surface area contributed by atoms with Crippen molar-refractivity contribution in [1.29, 1.82) is 0 Å². The molecule has 0 radical (unpaired) electrons. The first-order valence-electron chi connectivity index (χ1n) is 6.12. The third-order valence-electron chi connectivity index (χ3n) is 3.11. The fourth-order valence-corrected chi connectivity index (χ4v) is 2.05. The van der Waals surface area contributed by atoms with Crippen molar-refractivity contribution >= 4 is 34.4 Å². The first kappa shape index (κ1) is 14.4. The zero-order chi connectivity index (χ0) is 14.9. The van der Waals surface area contributed by atoms with Crippen molar-refractivity contribution < 1.29 is 14.0 Å². The molecule has 1 aromatic heterocycles. The molecule has 0 aliphatic rings. The van der Waals surface area contributed by atoms with E-state index in [0.717, 1.165) is 10.9 Å². The highest BCUT2D eigenvalue weighted by Crippen LogP contribution is 2.30. The third-order valence-corrected chi connectivity index (χ3v) is 3.52. The Kier molecular flexibility index (Phi) is 3.99. The number of amides is 2.